The topological polar surface area (TPSA) is 54.5 Å². The first-order chi connectivity index (χ1) is 11.3. The Labute approximate surface area is 136 Å². The van der Waals surface area contributed by atoms with Crippen LogP contribution in [0.1, 0.15) is 23.2 Å². The number of amides is 1. The van der Waals surface area contributed by atoms with Crippen molar-refractivity contribution in [2.24, 2.45) is 0 Å². The van der Waals surface area contributed by atoms with Gasteiger partial charge in [0.05, 0.1) is 12.7 Å². The Bertz CT molecular complexity index is 635. The lowest BCUT2D eigenvalue weighted by molar-refractivity contribution is 0.0718. The predicted molar refractivity (Wildman–Crippen MR) is 89.8 cm³/mol. The van der Waals surface area contributed by atoms with E-state index in [0.717, 1.165) is 37.4 Å². The van der Waals surface area contributed by atoms with Crippen molar-refractivity contribution in [1.82, 2.24) is 9.88 Å². The van der Waals surface area contributed by atoms with Gasteiger partial charge in [-0.15, -0.1) is 0 Å². The number of methoxy groups -OCH3 is 1. The molecule has 5 heteroatoms. The minimum Gasteiger partial charge on any atom is -0.497 e. The number of aromatic nitrogens is 1. The minimum absolute atomic E-state index is 0.0704. The molecule has 23 heavy (non-hydrogen) atoms. The standard InChI is InChI=1S/C18H21N3O2/c1-23-17-6-4-15(5-7-17)20-16-8-11-21(12-9-16)18(22)14-3-2-10-19-13-14/h2-7,10,13,16,20H,8-9,11-12H2,1H3. The maximum Gasteiger partial charge on any atom is 0.255 e. The molecule has 1 aliphatic rings. The number of pyridine rings is 1. The largest absolute Gasteiger partial charge is 0.497 e. The van der Waals surface area contributed by atoms with Crippen LogP contribution in [0.5, 0.6) is 5.75 Å². The van der Waals surface area contributed by atoms with Gasteiger partial charge in [-0.05, 0) is 49.2 Å². The third-order valence-corrected chi connectivity index (χ3v) is 4.15. The highest BCUT2D eigenvalue weighted by Gasteiger charge is 2.23. The SMILES string of the molecule is COc1ccc(NC2CCN(C(=O)c3cccnc3)CC2)cc1. The van der Waals surface area contributed by atoms with Gasteiger partial charge in [0.2, 0.25) is 0 Å². The zero-order chi connectivity index (χ0) is 16.1. The highest BCUT2D eigenvalue weighted by Crippen LogP contribution is 2.20. The lowest BCUT2D eigenvalue weighted by Gasteiger charge is -2.33. The Morgan fingerprint density at radius 1 is 1.22 bits per heavy atom. The number of piperidine rings is 1. The summed E-state index contributed by atoms with van der Waals surface area (Å²) in [7, 11) is 1.66. The molecule has 5 nitrogen and oxygen atoms in total. The Hall–Kier alpha value is -2.56. The molecule has 0 unspecified atom stereocenters. The molecule has 1 N–H and O–H groups in total. The molecule has 3 rings (SSSR count). The van der Waals surface area contributed by atoms with E-state index in [9.17, 15) is 4.79 Å². The fourth-order valence-electron chi connectivity index (χ4n) is 2.82. The van der Waals surface area contributed by atoms with Gasteiger partial charge in [0, 0.05) is 37.2 Å². The molecule has 1 amide bonds. The zero-order valence-electron chi connectivity index (χ0n) is 13.2. The van der Waals surface area contributed by atoms with Crippen LogP contribution in [-0.4, -0.2) is 42.0 Å². The number of likely N-dealkylation sites (tertiary alicyclic amines) is 1. The molecule has 0 radical (unpaired) electrons. The first-order valence-corrected chi connectivity index (χ1v) is 7.86. The molecule has 2 aromatic rings. The van der Waals surface area contributed by atoms with Crippen LogP contribution in [0.3, 0.4) is 0 Å². The summed E-state index contributed by atoms with van der Waals surface area (Å²) >= 11 is 0. The second-order valence-corrected chi connectivity index (χ2v) is 5.68. The molecule has 0 atom stereocenters. The van der Waals surface area contributed by atoms with Gasteiger partial charge in [0.25, 0.3) is 5.91 Å². The fraction of sp³-hybridized carbons (Fsp3) is 0.333. The second kappa shape index (κ2) is 7.13. The Morgan fingerprint density at radius 2 is 1.96 bits per heavy atom. The molecule has 1 fully saturated rings. The molecule has 0 bridgehead atoms. The zero-order valence-corrected chi connectivity index (χ0v) is 13.2. The third-order valence-electron chi connectivity index (χ3n) is 4.15. The summed E-state index contributed by atoms with van der Waals surface area (Å²) in [5.74, 6) is 0.924. The van der Waals surface area contributed by atoms with Gasteiger partial charge in [-0.3, -0.25) is 9.78 Å². The van der Waals surface area contributed by atoms with Crippen LogP contribution in [0.15, 0.2) is 48.8 Å². The van der Waals surface area contributed by atoms with E-state index < -0.39 is 0 Å². The van der Waals surface area contributed by atoms with E-state index >= 15 is 0 Å². The number of nitrogens with one attached hydrogen (secondary N) is 1. The summed E-state index contributed by atoms with van der Waals surface area (Å²) in [5, 5.41) is 3.53. The molecule has 0 aliphatic carbocycles. The molecule has 120 valence electrons. The van der Waals surface area contributed by atoms with Crippen molar-refractivity contribution >= 4 is 11.6 Å². The van der Waals surface area contributed by atoms with Gasteiger partial charge in [0.1, 0.15) is 5.75 Å². The molecule has 1 aromatic heterocycles. The number of hydrogen-bond acceptors (Lipinski definition) is 4. The maximum atomic E-state index is 12.4. The smallest absolute Gasteiger partial charge is 0.255 e. The van der Waals surface area contributed by atoms with Crippen molar-refractivity contribution in [2.45, 2.75) is 18.9 Å². The first kappa shape index (κ1) is 15.3. The van der Waals surface area contributed by atoms with Crippen LogP contribution in [0.4, 0.5) is 5.69 Å². The van der Waals surface area contributed by atoms with Gasteiger partial charge in [0.15, 0.2) is 0 Å². The summed E-state index contributed by atoms with van der Waals surface area (Å²) in [5.41, 5.74) is 1.75. The number of hydrogen-bond donors (Lipinski definition) is 1. The summed E-state index contributed by atoms with van der Waals surface area (Å²) < 4.78 is 5.16. The number of carbonyl (C=O) groups excluding carboxylic acids is 1. The maximum absolute atomic E-state index is 12.4. The first-order valence-electron chi connectivity index (χ1n) is 7.86. The lowest BCUT2D eigenvalue weighted by atomic mass is 10.0. The van der Waals surface area contributed by atoms with Gasteiger partial charge in [-0.25, -0.2) is 0 Å². The van der Waals surface area contributed by atoms with Crippen LogP contribution in [0.2, 0.25) is 0 Å². The Kier molecular flexibility index (Phi) is 4.76. The summed E-state index contributed by atoms with van der Waals surface area (Å²) in [6, 6.07) is 11.9. The second-order valence-electron chi connectivity index (χ2n) is 5.68. The van der Waals surface area contributed by atoms with Crippen LogP contribution in [0.25, 0.3) is 0 Å². The number of carbonyl (C=O) groups is 1. The van der Waals surface area contributed by atoms with Crippen LogP contribution in [0, 0.1) is 0 Å². The predicted octanol–water partition coefficient (Wildman–Crippen LogP) is 2.81. The summed E-state index contributed by atoms with van der Waals surface area (Å²) in [4.78, 5) is 18.3. The van der Waals surface area contributed by atoms with Crippen molar-refractivity contribution < 1.29 is 9.53 Å². The number of nitrogens with zero attached hydrogens (tertiary/aromatic N) is 2. The average molecular weight is 311 g/mol. The monoisotopic (exact) mass is 311 g/mol. The number of benzene rings is 1. The fourth-order valence-corrected chi connectivity index (χ4v) is 2.82. The van der Waals surface area contributed by atoms with E-state index in [-0.39, 0.29) is 5.91 Å². The normalized spacial score (nSPS) is 15.3. The van der Waals surface area contributed by atoms with E-state index in [0.29, 0.717) is 11.6 Å². The van der Waals surface area contributed by atoms with E-state index in [1.165, 1.54) is 0 Å². The van der Waals surface area contributed by atoms with Gasteiger partial charge >= 0.3 is 0 Å². The number of anilines is 1. The molecule has 0 spiro atoms. The van der Waals surface area contributed by atoms with E-state index in [4.69, 9.17) is 4.74 Å². The Morgan fingerprint density at radius 3 is 2.57 bits per heavy atom. The van der Waals surface area contributed by atoms with Crippen molar-refractivity contribution in [1.29, 1.82) is 0 Å². The van der Waals surface area contributed by atoms with E-state index in [2.05, 4.69) is 10.3 Å². The summed E-state index contributed by atoms with van der Waals surface area (Å²) in [6.07, 6.45) is 5.20. The van der Waals surface area contributed by atoms with E-state index in [1.807, 2.05) is 35.2 Å². The molecule has 2 heterocycles. The van der Waals surface area contributed by atoms with Crippen molar-refractivity contribution in [3.05, 3.63) is 54.4 Å². The molecule has 1 saturated heterocycles. The Balaban J connectivity index is 1.53. The molecular formula is C18H21N3O2. The van der Waals surface area contributed by atoms with Gasteiger partial charge in [-0.2, -0.15) is 0 Å². The van der Waals surface area contributed by atoms with Crippen molar-refractivity contribution in [3.8, 4) is 5.75 Å². The van der Waals surface area contributed by atoms with Gasteiger partial charge < -0.3 is 15.0 Å². The quantitative estimate of drug-likeness (QED) is 0.943. The summed E-state index contributed by atoms with van der Waals surface area (Å²) in [6.45, 7) is 1.53. The molecule has 0 saturated carbocycles. The van der Waals surface area contributed by atoms with Gasteiger partial charge in [-0.1, -0.05) is 0 Å². The van der Waals surface area contributed by atoms with Crippen molar-refractivity contribution in [2.75, 3.05) is 25.5 Å². The minimum atomic E-state index is 0.0704. The molecule has 1 aromatic carbocycles. The number of rotatable bonds is 4. The number of ether oxygens (including phenoxy) is 1. The molecule has 1 aliphatic heterocycles. The van der Waals surface area contributed by atoms with Crippen LogP contribution < -0.4 is 10.1 Å². The molecular weight excluding hydrogens is 290 g/mol. The third kappa shape index (κ3) is 3.80. The van der Waals surface area contributed by atoms with Crippen molar-refractivity contribution in [3.63, 3.8) is 0 Å². The lowest BCUT2D eigenvalue weighted by Crippen LogP contribution is -2.42. The van der Waals surface area contributed by atoms with Crippen LogP contribution in [-0.2, 0) is 0 Å². The average Bonchev–Trinajstić information content (AvgIpc) is 2.63. The van der Waals surface area contributed by atoms with E-state index in [1.54, 1.807) is 25.6 Å². The highest BCUT2D eigenvalue weighted by atomic mass is 16.5. The van der Waals surface area contributed by atoms with Crippen LogP contribution >= 0.6 is 0 Å². The highest BCUT2D eigenvalue weighted by molar-refractivity contribution is 5.93.